The van der Waals surface area contributed by atoms with Crippen LogP contribution in [-0.4, -0.2) is 27.9 Å². The number of aromatic amines is 1. The van der Waals surface area contributed by atoms with Crippen LogP contribution in [0.3, 0.4) is 0 Å². The molecule has 1 fully saturated rings. The van der Waals surface area contributed by atoms with Gasteiger partial charge in [-0.15, -0.1) is 6.04 Å². The van der Waals surface area contributed by atoms with E-state index in [9.17, 15) is 14.9 Å². The maximum absolute atomic E-state index is 12.2. The van der Waals surface area contributed by atoms with Crippen LogP contribution in [-0.2, 0) is 31.3 Å². The van der Waals surface area contributed by atoms with Crippen LogP contribution in [0.1, 0.15) is 28.8 Å². The minimum atomic E-state index is -0.575. The van der Waals surface area contributed by atoms with Gasteiger partial charge in [0, 0.05) is 31.5 Å². The molecule has 0 bridgehead atoms. The Hall–Kier alpha value is -2.34. The molecule has 1 aromatic heterocycles. The molecular weight excluding hydrogens is 391 g/mol. The summed E-state index contributed by atoms with van der Waals surface area (Å²) in [5.74, 6) is -0.533. The van der Waals surface area contributed by atoms with E-state index in [1.54, 1.807) is 6.07 Å². The Kier molecular flexibility index (Phi) is 9.41. The summed E-state index contributed by atoms with van der Waals surface area (Å²) in [5, 5.41) is 11.7. The van der Waals surface area contributed by atoms with Gasteiger partial charge in [-0.05, 0) is 36.1 Å². The third kappa shape index (κ3) is 5.13. The molecule has 1 saturated carbocycles. The van der Waals surface area contributed by atoms with Crippen molar-refractivity contribution < 1.29 is 41.6 Å². The molecule has 28 heavy (non-hydrogen) atoms. The molecule has 0 unspecified atom stereocenters. The predicted octanol–water partition coefficient (Wildman–Crippen LogP) is 0.867. The molecule has 3 rings (SSSR count). The van der Waals surface area contributed by atoms with Crippen LogP contribution in [0.15, 0.2) is 47.3 Å². The Morgan fingerprint density at radius 1 is 1.25 bits per heavy atom. The zero-order valence-corrected chi connectivity index (χ0v) is 17.0. The maximum atomic E-state index is 12.2. The first-order chi connectivity index (χ1) is 12.0. The molecule has 8 heteroatoms. The summed E-state index contributed by atoms with van der Waals surface area (Å²) in [6.07, 6.45) is 3.00. The predicted molar refractivity (Wildman–Crippen MR) is 102 cm³/mol. The standard InChI is InChI=1S/C20H17N3O2.2H2O.Sc/c1-3-13(2)22-18(24)16-8-9-17(23-19(16)25)14-4-6-15(7-5-14)20(12-21)10-11-20;;;/h1,3-9,13H,2,10-11H2,(H,22,24)(H,23,25);2*1H2;/q-2;;;/t13-;;;/m0.../s1. The molecule has 1 aromatic carbocycles. The summed E-state index contributed by atoms with van der Waals surface area (Å²) >= 11 is 0. The molecule has 1 atom stereocenters. The number of rotatable bonds is 5. The van der Waals surface area contributed by atoms with Crippen LogP contribution >= 0.6 is 0 Å². The molecule has 1 aliphatic rings. The van der Waals surface area contributed by atoms with Crippen LogP contribution in [0.5, 0.6) is 0 Å². The van der Waals surface area contributed by atoms with Crippen molar-refractivity contribution in [3.63, 3.8) is 0 Å². The number of nitriles is 1. The van der Waals surface area contributed by atoms with Crippen molar-refractivity contribution in [1.29, 1.82) is 5.26 Å². The number of benzene rings is 1. The van der Waals surface area contributed by atoms with Gasteiger partial charge < -0.3 is 34.8 Å². The second-order valence-corrected chi connectivity index (χ2v) is 6.16. The van der Waals surface area contributed by atoms with E-state index in [0.717, 1.165) is 24.0 Å². The molecule has 0 spiro atoms. The van der Waals surface area contributed by atoms with Crippen LogP contribution in [0.2, 0.25) is 0 Å². The van der Waals surface area contributed by atoms with E-state index in [0.29, 0.717) is 5.69 Å². The van der Waals surface area contributed by atoms with Crippen molar-refractivity contribution in [3.8, 4) is 17.3 Å². The van der Waals surface area contributed by atoms with E-state index in [1.165, 1.54) is 12.1 Å². The summed E-state index contributed by atoms with van der Waals surface area (Å²) in [6.45, 7) is 8.89. The minimum Gasteiger partial charge on any atom is -0.519 e. The average Bonchev–Trinajstić information content (AvgIpc) is 3.42. The minimum absolute atomic E-state index is 0. The SMILES string of the molecule is O.O.[CH-]=C[C@H]([CH2-])NC(=O)c1ccc(-c2ccc(C3(C#N)CC3)cc2)[nH]c1=O.[Sc]. The summed E-state index contributed by atoms with van der Waals surface area (Å²) in [4.78, 5) is 26.9. The first kappa shape index (κ1) is 25.7. The first-order valence-corrected chi connectivity index (χ1v) is 7.93. The number of hydrogen-bond donors (Lipinski definition) is 2. The van der Waals surface area contributed by atoms with E-state index in [-0.39, 0.29) is 47.8 Å². The summed E-state index contributed by atoms with van der Waals surface area (Å²) < 4.78 is 0. The fourth-order valence-electron chi connectivity index (χ4n) is 2.67. The van der Waals surface area contributed by atoms with Gasteiger partial charge in [0.05, 0.1) is 11.5 Å². The van der Waals surface area contributed by atoms with Crippen molar-refractivity contribution in [2.45, 2.75) is 24.3 Å². The van der Waals surface area contributed by atoms with Crippen molar-refractivity contribution in [2.75, 3.05) is 0 Å². The first-order valence-electron chi connectivity index (χ1n) is 7.93. The molecule has 1 aliphatic carbocycles. The van der Waals surface area contributed by atoms with Gasteiger partial charge in [-0.3, -0.25) is 15.7 Å². The second kappa shape index (κ2) is 10.3. The molecule has 7 nitrogen and oxygen atoms in total. The quantitative estimate of drug-likeness (QED) is 0.702. The summed E-state index contributed by atoms with van der Waals surface area (Å²) in [7, 11) is 0. The molecule has 1 amide bonds. The number of amides is 1. The van der Waals surface area contributed by atoms with E-state index in [4.69, 9.17) is 6.58 Å². The molecule has 145 valence electrons. The summed E-state index contributed by atoms with van der Waals surface area (Å²) in [5.41, 5.74) is 1.59. The van der Waals surface area contributed by atoms with E-state index in [1.807, 2.05) is 24.3 Å². The van der Waals surface area contributed by atoms with E-state index in [2.05, 4.69) is 23.3 Å². The molecule has 6 N–H and O–H groups in total. The van der Waals surface area contributed by atoms with Crippen molar-refractivity contribution in [1.82, 2.24) is 10.3 Å². The Balaban J connectivity index is 0.00000243. The summed E-state index contributed by atoms with van der Waals surface area (Å²) in [6, 6.07) is 12.5. The van der Waals surface area contributed by atoms with Gasteiger partial charge >= 0.3 is 0 Å². The van der Waals surface area contributed by atoms with Gasteiger partial charge in [0.2, 0.25) is 0 Å². The van der Waals surface area contributed by atoms with Crippen molar-refractivity contribution in [3.05, 3.63) is 77.5 Å². The van der Waals surface area contributed by atoms with Gasteiger partial charge in [-0.1, -0.05) is 24.3 Å². The third-order valence-electron chi connectivity index (χ3n) is 4.42. The largest absolute Gasteiger partial charge is 0.519 e. The van der Waals surface area contributed by atoms with E-state index < -0.39 is 17.5 Å². The van der Waals surface area contributed by atoms with Crippen LogP contribution < -0.4 is 10.9 Å². The topological polar surface area (TPSA) is 149 Å². The van der Waals surface area contributed by atoms with Crippen molar-refractivity contribution >= 4 is 5.91 Å². The Morgan fingerprint density at radius 3 is 2.32 bits per heavy atom. The zero-order chi connectivity index (χ0) is 18.0. The smallest absolute Gasteiger partial charge is 0.261 e. The molecule has 1 radical (unpaired) electrons. The number of carbonyl (C=O) groups excluding carboxylic acids is 1. The number of aromatic nitrogens is 1. The van der Waals surface area contributed by atoms with Crippen molar-refractivity contribution in [2.24, 2.45) is 0 Å². The number of H-pyrrole nitrogens is 1. The van der Waals surface area contributed by atoms with Crippen LogP contribution in [0, 0.1) is 24.8 Å². The van der Waals surface area contributed by atoms with Gasteiger partial charge in [-0.25, -0.2) is 0 Å². The maximum Gasteiger partial charge on any atom is 0.261 e. The monoisotopic (exact) mass is 412 g/mol. The fourth-order valence-corrected chi connectivity index (χ4v) is 2.67. The third-order valence-corrected chi connectivity index (χ3v) is 4.42. The van der Waals surface area contributed by atoms with E-state index >= 15 is 0 Å². The molecular formula is C20H21N3O4Sc-2. The van der Waals surface area contributed by atoms with Gasteiger partial charge in [-0.2, -0.15) is 5.26 Å². The second-order valence-electron chi connectivity index (χ2n) is 6.16. The van der Waals surface area contributed by atoms with Crippen LogP contribution in [0.4, 0.5) is 0 Å². The van der Waals surface area contributed by atoms with Crippen LogP contribution in [0.25, 0.3) is 11.3 Å². The number of carbonyl (C=O) groups is 1. The molecule has 0 aliphatic heterocycles. The number of hydrogen-bond acceptors (Lipinski definition) is 3. The van der Waals surface area contributed by atoms with Gasteiger partial charge in [0.25, 0.3) is 11.5 Å². The Labute approximate surface area is 181 Å². The zero-order valence-electron chi connectivity index (χ0n) is 15.2. The van der Waals surface area contributed by atoms with Gasteiger partial charge in [0.1, 0.15) is 5.56 Å². The Morgan fingerprint density at radius 2 is 1.86 bits per heavy atom. The number of nitrogens with zero attached hydrogens (tertiary/aromatic N) is 1. The fraction of sp³-hybridized carbons (Fsp3) is 0.200. The van der Waals surface area contributed by atoms with Gasteiger partial charge in [0.15, 0.2) is 0 Å². The molecule has 1 heterocycles. The number of pyridine rings is 1. The molecule has 2 aromatic rings. The number of nitrogens with one attached hydrogen (secondary N) is 2. The normalized spacial score (nSPS) is 14.0. The average molecular weight is 412 g/mol. The molecule has 0 saturated heterocycles. The Bertz CT molecular complexity index is 928.